The molecule has 0 aromatic heterocycles. The Hall–Kier alpha value is -2.65. The molecule has 4 rings (SSSR count). The Kier molecular flexibility index (Phi) is 6.20. The minimum absolute atomic E-state index is 0.156. The van der Waals surface area contributed by atoms with Gasteiger partial charge < -0.3 is 9.42 Å². The van der Waals surface area contributed by atoms with Crippen LogP contribution in [-0.2, 0) is 5.60 Å². The van der Waals surface area contributed by atoms with Crippen LogP contribution in [0.4, 0.5) is 4.32 Å². The first-order chi connectivity index (χ1) is 14.6. The van der Waals surface area contributed by atoms with Crippen LogP contribution in [0, 0.1) is 11.8 Å². The van der Waals surface area contributed by atoms with E-state index in [1.807, 2.05) is 60.7 Å². The topological polar surface area (TPSA) is 20.2 Å². The van der Waals surface area contributed by atoms with E-state index < -0.39 is 13.2 Å². The molecule has 0 saturated carbocycles. The van der Waals surface area contributed by atoms with E-state index in [1.165, 1.54) is 0 Å². The zero-order chi connectivity index (χ0) is 21.0. The number of hydrogen-bond acceptors (Lipinski definition) is 1. The van der Waals surface area contributed by atoms with E-state index in [4.69, 9.17) is 0 Å². The van der Waals surface area contributed by atoms with Crippen molar-refractivity contribution >= 4 is 13.0 Å². The van der Waals surface area contributed by atoms with Gasteiger partial charge in [-0.25, -0.2) is 0 Å². The normalized spacial score (nSPS) is 21.6. The summed E-state index contributed by atoms with van der Waals surface area (Å²) in [6.07, 6.45) is 6.63. The summed E-state index contributed by atoms with van der Waals surface area (Å²) in [7, 11) is -0.505. The highest BCUT2D eigenvalue weighted by atomic mass is 19.1. The van der Waals surface area contributed by atoms with Gasteiger partial charge in [0.25, 0.3) is 0 Å². The zero-order valence-corrected chi connectivity index (χ0v) is 17.4. The quantitative estimate of drug-likeness (QED) is 0.444. The van der Waals surface area contributed by atoms with Crippen molar-refractivity contribution in [3.8, 4) is 0 Å². The third-order valence-electron chi connectivity index (χ3n) is 6.40. The summed E-state index contributed by atoms with van der Waals surface area (Å²) in [5.74, 6) is 0.610. The van der Waals surface area contributed by atoms with Crippen LogP contribution in [0.5, 0.6) is 0 Å². The fraction of sp³-hybridized carbons (Fsp3) is 0.259. The van der Waals surface area contributed by atoms with Gasteiger partial charge in [0.15, 0.2) is 0 Å². The molecule has 0 amide bonds. The van der Waals surface area contributed by atoms with Crippen LogP contribution in [0.3, 0.4) is 0 Å². The third kappa shape index (κ3) is 4.00. The molecule has 3 heteroatoms. The Labute approximate surface area is 179 Å². The van der Waals surface area contributed by atoms with E-state index in [0.29, 0.717) is 11.4 Å². The van der Waals surface area contributed by atoms with Crippen LogP contribution in [0.1, 0.15) is 42.4 Å². The van der Waals surface area contributed by atoms with E-state index in [-0.39, 0.29) is 11.8 Å². The average Bonchev–Trinajstić information content (AvgIpc) is 2.80. The molecule has 1 nitrogen and oxygen atoms in total. The van der Waals surface area contributed by atoms with E-state index in [2.05, 4.69) is 31.2 Å². The lowest BCUT2D eigenvalue weighted by atomic mass is 9.64. The lowest BCUT2D eigenvalue weighted by molar-refractivity contribution is 0.0294. The number of halogens is 1. The molecule has 0 radical (unpaired) electrons. The summed E-state index contributed by atoms with van der Waals surface area (Å²) >= 11 is 0. The van der Waals surface area contributed by atoms with Crippen molar-refractivity contribution < 1.29 is 9.42 Å². The molecular formula is C27H28BFO. The standard InChI is InChI=1S/C27H28BFO/c1-20-9-8-12-22(19-20)26(21-10-4-2-5-11-21)27(30,23-13-6-3-7-14-23)24-15-17-25(28-29)18-16-24/h2-8,10-18,20,22,26,28,30H,9,19H2,1H3. The number of allylic oxidation sites excluding steroid dienone is 2. The Morgan fingerprint density at radius 3 is 2.10 bits per heavy atom. The van der Waals surface area contributed by atoms with Crippen molar-refractivity contribution in [2.24, 2.45) is 11.8 Å². The Morgan fingerprint density at radius 2 is 1.50 bits per heavy atom. The molecule has 152 valence electrons. The summed E-state index contributed by atoms with van der Waals surface area (Å²) < 4.78 is 13.2. The van der Waals surface area contributed by atoms with Gasteiger partial charge >= 0.3 is 7.56 Å². The average molecular weight is 398 g/mol. The molecule has 1 aliphatic carbocycles. The second-order valence-electron chi connectivity index (χ2n) is 8.52. The minimum atomic E-state index is -1.23. The van der Waals surface area contributed by atoms with Gasteiger partial charge in [-0.1, -0.05) is 104 Å². The van der Waals surface area contributed by atoms with Crippen molar-refractivity contribution in [2.45, 2.75) is 31.3 Å². The molecular weight excluding hydrogens is 370 g/mol. The van der Waals surface area contributed by atoms with Gasteiger partial charge in [0.05, 0.1) is 0 Å². The van der Waals surface area contributed by atoms with Crippen molar-refractivity contribution in [3.63, 3.8) is 0 Å². The van der Waals surface area contributed by atoms with Gasteiger partial charge in [-0.05, 0) is 46.8 Å². The second-order valence-corrected chi connectivity index (χ2v) is 8.52. The molecule has 0 heterocycles. The molecule has 3 aromatic carbocycles. The molecule has 0 fully saturated rings. The van der Waals surface area contributed by atoms with E-state index in [9.17, 15) is 9.42 Å². The first-order valence-electron chi connectivity index (χ1n) is 10.8. The van der Waals surface area contributed by atoms with Crippen molar-refractivity contribution in [3.05, 3.63) is 114 Å². The maximum absolute atomic E-state index is 13.2. The zero-order valence-electron chi connectivity index (χ0n) is 17.4. The maximum Gasteiger partial charge on any atom is 0.364 e. The first-order valence-corrected chi connectivity index (χ1v) is 10.8. The molecule has 0 aliphatic heterocycles. The number of aliphatic hydroxyl groups is 1. The molecule has 30 heavy (non-hydrogen) atoms. The lowest BCUT2D eigenvalue weighted by Gasteiger charge is -2.43. The Balaban J connectivity index is 1.93. The molecule has 3 aromatic rings. The highest BCUT2D eigenvalue weighted by Crippen LogP contribution is 2.49. The first kappa shape index (κ1) is 20.6. The highest BCUT2D eigenvalue weighted by Gasteiger charge is 2.45. The number of hydrogen-bond donors (Lipinski definition) is 1. The van der Waals surface area contributed by atoms with E-state index >= 15 is 0 Å². The smallest absolute Gasteiger partial charge is 0.364 e. The minimum Gasteiger partial charge on any atom is -0.380 e. The largest absolute Gasteiger partial charge is 0.380 e. The van der Waals surface area contributed by atoms with Gasteiger partial charge in [-0.3, -0.25) is 0 Å². The molecule has 4 atom stereocenters. The summed E-state index contributed by atoms with van der Waals surface area (Å²) in [4.78, 5) is 0. The molecule has 1 aliphatic rings. The van der Waals surface area contributed by atoms with Gasteiger partial charge in [0.1, 0.15) is 5.60 Å². The predicted molar refractivity (Wildman–Crippen MR) is 124 cm³/mol. The summed E-state index contributed by atoms with van der Waals surface area (Å²) in [5.41, 5.74) is 2.16. The van der Waals surface area contributed by atoms with Crippen LogP contribution in [0.15, 0.2) is 97.1 Å². The number of benzene rings is 3. The second kappa shape index (κ2) is 9.01. The van der Waals surface area contributed by atoms with Crippen LogP contribution in [-0.4, -0.2) is 12.7 Å². The van der Waals surface area contributed by atoms with Crippen LogP contribution in [0.2, 0.25) is 0 Å². The van der Waals surface area contributed by atoms with Gasteiger partial charge in [-0.15, -0.1) is 0 Å². The molecule has 4 unspecified atom stereocenters. The summed E-state index contributed by atoms with van der Waals surface area (Å²) in [6.45, 7) is 2.27. The highest BCUT2D eigenvalue weighted by molar-refractivity contribution is 6.46. The Bertz CT molecular complexity index is 971. The fourth-order valence-electron chi connectivity index (χ4n) is 4.90. The Morgan fingerprint density at radius 1 is 0.900 bits per heavy atom. The van der Waals surface area contributed by atoms with Crippen molar-refractivity contribution in [2.75, 3.05) is 0 Å². The van der Waals surface area contributed by atoms with Crippen LogP contribution >= 0.6 is 0 Å². The SMILES string of the molecule is CC1CC=CC(C(c2ccccc2)C(O)(c2ccccc2)c2ccc(BF)cc2)C1. The van der Waals surface area contributed by atoms with Gasteiger partial charge in [-0.2, -0.15) is 0 Å². The molecule has 0 spiro atoms. The maximum atomic E-state index is 13.2. The van der Waals surface area contributed by atoms with E-state index in [1.54, 1.807) is 12.1 Å². The van der Waals surface area contributed by atoms with Crippen molar-refractivity contribution in [1.29, 1.82) is 0 Å². The predicted octanol–water partition coefficient (Wildman–Crippen LogP) is 5.25. The molecule has 0 saturated heterocycles. The summed E-state index contributed by atoms with van der Waals surface area (Å²) in [6, 6.07) is 27.5. The monoisotopic (exact) mass is 398 g/mol. The van der Waals surface area contributed by atoms with Gasteiger partial charge in [0.2, 0.25) is 0 Å². The van der Waals surface area contributed by atoms with Gasteiger partial charge in [0, 0.05) is 5.92 Å². The molecule has 0 bridgehead atoms. The lowest BCUT2D eigenvalue weighted by Crippen LogP contribution is -2.39. The van der Waals surface area contributed by atoms with Crippen LogP contribution in [0.25, 0.3) is 0 Å². The molecule has 1 N–H and O–H groups in total. The third-order valence-corrected chi connectivity index (χ3v) is 6.40. The van der Waals surface area contributed by atoms with Crippen molar-refractivity contribution in [1.82, 2.24) is 0 Å². The fourth-order valence-corrected chi connectivity index (χ4v) is 4.90. The number of rotatable bonds is 6. The van der Waals surface area contributed by atoms with E-state index in [0.717, 1.165) is 29.5 Å². The van der Waals surface area contributed by atoms with Crippen LogP contribution < -0.4 is 5.46 Å². The summed E-state index contributed by atoms with van der Waals surface area (Å²) in [5, 5.41) is 12.5.